The first-order valence-electron chi connectivity index (χ1n) is 8.60. The number of nitrogens with one attached hydrogen (secondary N) is 2. The van der Waals surface area contributed by atoms with Crippen LogP contribution in [0.2, 0.25) is 0 Å². The van der Waals surface area contributed by atoms with Crippen LogP contribution in [0.15, 0.2) is 24.3 Å². The van der Waals surface area contributed by atoms with Gasteiger partial charge < -0.3 is 19.9 Å². The average molecular weight is 338 g/mol. The van der Waals surface area contributed by atoms with Gasteiger partial charge in [0.25, 0.3) is 0 Å². The molecule has 0 radical (unpaired) electrons. The molecule has 6 nitrogen and oxygen atoms in total. The highest BCUT2D eigenvalue weighted by molar-refractivity contribution is 5.86. The minimum Gasteiger partial charge on any atom is -0.489 e. The highest BCUT2D eigenvalue weighted by Gasteiger charge is 2.11. The van der Waals surface area contributed by atoms with Crippen molar-refractivity contribution in [2.45, 2.75) is 52.2 Å². The maximum absolute atomic E-state index is 11.8. The Hall–Kier alpha value is -1.79. The summed E-state index contributed by atoms with van der Waals surface area (Å²) in [6.45, 7) is 7.12. The number of ether oxygens (including phenoxy) is 2. The Morgan fingerprint density at radius 3 is 2.71 bits per heavy atom. The van der Waals surface area contributed by atoms with Crippen LogP contribution in [-0.2, 0) is 4.74 Å². The summed E-state index contributed by atoms with van der Waals surface area (Å²) in [5, 5.41) is 15.7. The largest absolute Gasteiger partial charge is 0.489 e. The minimum atomic E-state index is -0.624. The van der Waals surface area contributed by atoms with Crippen molar-refractivity contribution in [3.8, 4) is 5.75 Å². The Morgan fingerprint density at radius 1 is 1.25 bits per heavy atom. The van der Waals surface area contributed by atoms with E-state index in [1.165, 1.54) is 0 Å². The molecule has 0 fully saturated rings. The summed E-state index contributed by atoms with van der Waals surface area (Å²) >= 11 is 0. The number of anilines is 1. The number of benzene rings is 1. The first-order valence-corrected chi connectivity index (χ1v) is 8.60. The molecule has 1 amide bonds. The molecule has 1 aromatic rings. The molecule has 1 unspecified atom stereocenters. The molecule has 0 spiro atoms. The molecule has 1 aromatic carbocycles. The number of aliphatic hydroxyl groups excluding tert-OH is 1. The van der Waals surface area contributed by atoms with Crippen molar-refractivity contribution in [2.24, 2.45) is 0 Å². The quantitative estimate of drug-likeness (QED) is 0.540. The fourth-order valence-electron chi connectivity index (χ4n) is 1.98. The van der Waals surface area contributed by atoms with Crippen LogP contribution >= 0.6 is 0 Å². The lowest BCUT2D eigenvalue weighted by Gasteiger charge is -2.17. The summed E-state index contributed by atoms with van der Waals surface area (Å²) in [4.78, 5) is 11.8. The van der Waals surface area contributed by atoms with E-state index in [0.29, 0.717) is 30.6 Å². The Kier molecular flexibility index (Phi) is 9.88. The topological polar surface area (TPSA) is 79.8 Å². The lowest BCUT2D eigenvalue weighted by atomic mass is 10.3. The SMILES string of the molecule is CCCCCOC(=O)Nc1ccccc1OCC(O)CNC(C)C. The molecule has 1 atom stereocenters. The highest BCUT2D eigenvalue weighted by Crippen LogP contribution is 2.24. The summed E-state index contributed by atoms with van der Waals surface area (Å²) in [5.74, 6) is 0.506. The van der Waals surface area contributed by atoms with E-state index in [-0.39, 0.29) is 6.61 Å². The molecule has 0 aliphatic carbocycles. The van der Waals surface area contributed by atoms with Crippen molar-refractivity contribution in [3.63, 3.8) is 0 Å². The van der Waals surface area contributed by atoms with Gasteiger partial charge in [0.05, 0.1) is 12.3 Å². The number of carbonyl (C=O) groups excluding carboxylic acids is 1. The second kappa shape index (κ2) is 11.7. The minimum absolute atomic E-state index is 0.143. The van der Waals surface area contributed by atoms with Crippen LogP contribution < -0.4 is 15.4 Å². The number of rotatable bonds is 11. The zero-order valence-corrected chi connectivity index (χ0v) is 14.9. The fourth-order valence-corrected chi connectivity index (χ4v) is 1.98. The number of para-hydroxylation sites is 2. The molecular formula is C18H30N2O4. The second-order valence-electron chi connectivity index (χ2n) is 5.99. The molecule has 0 saturated carbocycles. The summed E-state index contributed by atoms with van der Waals surface area (Å²) in [7, 11) is 0. The Morgan fingerprint density at radius 2 is 2.00 bits per heavy atom. The number of hydrogen-bond acceptors (Lipinski definition) is 5. The van der Waals surface area contributed by atoms with E-state index < -0.39 is 12.2 Å². The van der Waals surface area contributed by atoms with Crippen LogP contribution in [0, 0.1) is 0 Å². The zero-order chi connectivity index (χ0) is 17.8. The third kappa shape index (κ3) is 8.74. The van der Waals surface area contributed by atoms with Gasteiger partial charge in [0, 0.05) is 12.6 Å². The van der Waals surface area contributed by atoms with E-state index in [9.17, 15) is 9.90 Å². The van der Waals surface area contributed by atoms with Gasteiger partial charge in [-0.1, -0.05) is 45.7 Å². The van der Waals surface area contributed by atoms with Gasteiger partial charge in [-0.05, 0) is 18.6 Å². The normalized spacial score (nSPS) is 12.0. The molecule has 136 valence electrons. The van der Waals surface area contributed by atoms with E-state index in [2.05, 4.69) is 17.6 Å². The maximum Gasteiger partial charge on any atom is 0.411 e. The zero-order valence-electron chi connectivity index (χ0n) is 14.9. The van der Waals surface area contributed by atoms with E-state index >= 15 is 0 Å². The van der Waals surface area contributed by atoms with Crippen molar-refractivity contribution >= 4 is 11.8 Å². The molecule has 0 bridgehead atoms. The van der Waals surface area contributed by atoms with Crippen molar-refractivity contribution < 1.29 is 19.4 Å². The molecule has 0 saturated heterocycles. The molecule has 0 aliphatic rings. The number of aliphatic hydroxyl groups is 1. The van der Waals surface area contributed by atoms with Gasteiger partial charge >= 0.3 is 6.09 Å². The summed E-state index contributed by atoms with van der Waals surface area (Å²) < 4.78 is 10.7. The number of hydrogen-bond donors (Lipinski definition) is 3. The van der Waals surface area contributed by atoms with Gasteiger partial charge in [0.1, 0.15) is 18.5 Å². The van der Waals surface area contributed by atoms with E-state index in [1.807, 2.05) is 19.9 Å². The molecule has 24 heavy (non-hydrogen) atoms. The van der Waals surface area contributed by atoms with Crippen LogP contribution in [0.5, 0.6) is 5.75 Å². The summed E-state index contributed by atoms with van der Waals surface area (Å²) in [6.07, 6.45) is 1.85. The second-order valence-corrected chi connectivity index (χ2v) is 5.99. The van der Waals surface area contributed by atoms with E-state index in [4.69, 9.17) is 9.47 Å². The van der Waals surface area contributed by atoms with Gasteiger partial charge in [-0.3, -0.25) is 5.32 Å². The Labute approximate surface area is 144 Å². The Balaban J connectivity index is 2.44. The first kappa shape index (κ1) is 20.3. The van der Waals surface area contributed by atoms with Crippen LogP contribution in [0.3, 0.4) is 0 Å². The van der Waals surface area contributed by atoms with Crippen LogP contribution in [0.4, 0.5) is 10.5 Å². The lowest BCUT2D eigenvalue weighted by Crippen LogP contribution is -2.35. The van der Waals surface area contributed by atoms with Gasteiger partial charge in [0.15, 0.2) is 0 Å². The van der Waals surface area contributed by atoms with Crippen LogP contribution in [0.1, 0.15) is 40.0 Å². The van der Waals surface area contributed by atoms with Crippen molar-refractivity contribution in [1.82, 2.24) is 5.32 Å². The maximum atomic E-state index is 11.8. The molecule has 1 rings (SSSR count). The van der Waals surface area contributed by atoms with Gasteiger partial charge in [-0.25, -0.2) is 4.79 Å². The molecule has 0 aliphatic heterocycles. The van der Waals surface area contributed by atoms with Gasteiger partial charge in [-0.15, -0.1) is 0 Å². The highest BCUT2D eigenvalue weighted by atomic mass is 16.5. The summed E-state index contributed by atoms with van der Waals surface area (Å²) in [5.41, 5.74) is 0.530. The molecule has 3 N–H and O–H groups in total. The van der Waals surface area contributed by atoms with E-state index in [1.54, 1.807) is 18.2 Å². The number of unbranched alkanes of at least 4 members (excludes halogenated alkanes) is 2. The van der Waals surface area contributed by atoms with Crippen molar-refractivity contribution in [1.29, 1.82) is 0 Å². The summed E-state index contributed by atoms with van der Waals surface area (Å²) in [6, 6.07) is 7.40. The molecule has 0 aromatic heterocycles. The molecule has 6 heteroatoms. The van der Waals surface area contributed by atoms with Crippen molar-refractivity contribution in [2.75, 3.05) is 25.1 Å². The Bertz CT molecular complexity index is 480. The average Bonchev–Trinajstić information content (AvgIpc) is 2.56. The third-order valence-corrected chi connectivity index (χ3v) is 3.30. The van der Waals surface area contributed by atoms with Gasteiger partial charge in [0.2, 0.25) is 0 Å². The predicted octanol–water partition coefficient (Wildman–Crippen LogP) is 3.16. The standard InChI is InChI=1S/C18H30N2O4/c1-4-5-8-11-23-18(22)20-16-9-6-7-10-17(16)24-13-15(21)12-19-14(2)3/h6-7,9-10,14-15,19,21H,4-5,8,11-13H2,1-3H3,(H,20,22). The molecule has 0 heterocycles. The number of carbonyl (C=O) groups is 1. The van der Waals surface area contributed by atoms with Gasteiger partial charge in [-0.2, -0.15) is 0 Å². The van der Waals surface area contributed by atoms with Crippen molar-refractivity contribution in [3.05, 3.63) is 24.3 Å². The lowest BCUT2D eigenvalue weighted by molar-refractivity contribution is 0.105. The van der Waals surface area contributed by atoms with Crippen LogP contribution in [0.25, 0.3) is 0 Å². The number of amides is 1. The van der Waals surface area contributed by atoms with E-state index in [0.717, 1.165) is 19.3 Å². The fraction of sp³-hybridized carbons (Fsp3) is 0.611. The van der Waals surface area contributed by atoms with Crippen LogP contribution in [-0.4, -0.2) is 43.1 Å². The first-order chi connectivity index (χ1) is 11.5. The smallest absolute Gasteiger partial charge is 0.411 e. The third-order valence-electron chi connectivity index (χ3n) is 3.30. The monoisotopic (exact) mass is 338 g/mol. The molecular weight excluding hydrogens is 308 g/mol. The predicted molar refractivity (Wildman–Crippen MR) is 95.6 cm³/mol.